The van der Waals surface area contributed by atoms with Crippen molar-refractivity contribution in [1.29, 1.82) is 0 Å². The molecule has 0 aliphatic carbocycles. The molecule has 0 saturated carbocycles. The van der Waals surface area contributed by atoms with Crippen molar-refractivity contribution in [2.45, 2.75) is 60.0 Å². The monoisotopic (exact) mass is 329 g/mol. The zero-order chi connectivity index (χ0) is 17.9. The number of nitrogens with one attached hydrogen (secondary N) is 1. The highest BCUT2D eigenvalue weighted by molar-refractivity contribution is 5.97. The van der Waals surface area contributed by atoms with Gasteiger partial charge in [-0.1, -0.05) is 13.8 Å². The first-order valence-electron chi connectivity index (χ1n) is 8.65. The number of aryl methyl sites for hydroxylation is 2. The van der Waals surface area contributed by atoms with E-state index in [0.29, 0.717) is 29.2 Å². The van der Waals surface area contributed by atoms with Crippen molar-refractivity contribution in [2.75, 3.05) is 0 Å². The highest BCUT2D eigenvalue weighted by Crippen LogP contribution is 2.14. The fourth-order valence-electron chi connectivity index (χ4n) is 2.79. The molecule has 0 aliphatic heterocycles. The van der Waals surface area contributed by atoms with Crippen molar-refractivity contribution in [1.82, 2.24) is 14.9 Å². The third kappa shape index (κ3) is 4.02. The van der Waals surface area contributed by atoms with Gasteiger partial charge in [0.1, 0.15) is 5.69 Å². The zero-order valence-electron chi connectivity index (χ0n) is 15.2. The van der Waals surface area contributed by atoms with Crippen LogP contribution in [0.25, 0.3) is 11.0 Å². The first kappa shape index (κ1) is 18.2. The number of hydrogen-bond donors (Lipinski definition) is 1. The Morgan fingerprint density at radius 3 is 2.58 bits per heavy atom. The van der Waals surface area contributed by atoms with Gasteiger partial charge in [-0.15, -0.1) is 0 Å². The average molecular weight is 329 g/mol. The molecule has 5 heteroatoms. The van der Waals surface area contributed by atoms with E-state index >= 15 is 0 Å². The van der Waals surface area contributed by atoms with Crippen molar-refractivity contribution < 1.29 is 4.79 Å². The smallest absolute Gasteiger partial charge is 0.272 e. The Labute approximate surface area is 143 Å². The average Bonchev–Trinajstić information content (AvgIpc) is 2.53. The fourth-order valence-corrected chi connectivity index (χ4v) is 2.79. The van der Waals surface area contributed by atoms with Crippen LogP contribution in [0.5, 0.6) is 0 Å². The molecule has 1 aromatic heterocycles. The van der Waals surface area contributed by atoms with Crippen LogP contribution in [0.3, 0.4) is 0 Å². The second kappa shape index (κ2) is 7.60. The van der Waals surface area contributed by atoms with E-state index in [1.807, 2.05) is 13.8 Å². The highest BCUT2D eigenvalue weighted by Gasteiger charge is 2.13. The number of nitrogens with zero attached hydrogens (tertiary/aromatic N) is 2. The van der Waals surface area contributed by atoms with E-state index in [0.717, 1.165) is 18.4 Å². The fraction of sp³-hybridized carbons (Fsp3) is 0.526. The van der Waals surface area contributed by atoms with Crippen molar-refractivity contribution in [3.8, 4) is 0 Å². The van der Waals surface area contributed by atoms with Gasteiger partial charge in [-0.25, -0.2) is 4.98 Å². The maximum atomic E-state index is 12.4. The molecule has 0 saturated heterocycles. The van der Waals surface area contributed by atoms with Crippen LogP contribution in [0, 0.1) is 12.8 Å². The summed E-state index contributed by atoms with van der Waals surface area (Å²) in [5, 5.41) is 3.04. The molecule has 0 bridgehead atoms. The summed E-state index contributed by atoms with van der Waals surface area (Å²) in [5.74, 6) is 0.532. The first-order chi connectivity index (χ1) is 11.3. The lowest BCUT2D eigenvalue weighted by atomic mass is 10.0. The molecule has 24 heavy (non-hydrogen) atoms. The molecule has 0 aliphatic rings. The lowest BCUT2D eigenvalue weighted by Gasteiger charge is -2.15. The third-order valence-corrected chi connectivity index (χ3v) is 4.24. The van der Waals surface area contributed by atoms with Crippen LogP contribution in [0.4, 0.5) is 0 Å². The van der Waals surface area contributed by atoms with Crippen LogP contribution >= 0.6 is 0 Å². The molecule has 0 radical (unpaired) electrons. The van der Waals surface area contributed by atoms with E-state index in [4.69, 9.17) is 0 Å². The van der Waals surface area contributed by atoms with Crippen molar-refractivity contribution in [2.24, 2.45) is 5.92 Å². The molecule has 0 spiro atoms. The van der Waals surface area contributed by atoms with E-state index in [9.17, 15) is 9.59 Å². The number of carbonyl (C=O) groups is 1. The van der Waals surface area contributed by atoms with Crippen LogP contribution in [0.1, 0.15) is 56.6 Å². The Morgan fingerprint density at radius 2 is 1.96 bits per heavy atom. The summed E-state index contributed by atoms with van der Waals surface area (Å²) in [4.78, 5) is 28.9. The van der Waals surface area contributed by atoms with Gasteiger partial charge in [0.15, 0.2) is 0 Å². The molecule has 1 N–H and O–H groups in total. The molecule has 5 nitrogen and oxygen atoms in total. The van der Waals surface area contributed by atoms with Crippen molar-refractivity contribution >= 4 is 16.9 Å². The summed E-state index contributed by atoms with van der Waals surface area (Å²) >= 11 is 0. The summed E-state index contributed by atoms with van der Waals surface area (Å²) in [5.41, 5.74) is 2.39. The number of hydrogen-bond acceptors (Lipinski definition) is 3. The normalized spacial score (nSPS) is 12.6. The predicted octanol–water partition coefficient (Wildman–Crippen LogP) is 3.28. The number of fused-ring (bicyclic) bond motifs is 1. The minimum atomic E-state index is -0.0955. The molecule has 1 atom stereocenters. The van der Waals surface area contributed by atoms with Gasteiger partial charge in [-0.05, 0) is 57.7 Å². The molecule has 2 rings (SSSR count). The van der Waals surface area contributed by atoms with Crippen molar-refractivity contribution in [3.05, 3.63) is 39.8 Å². The van der Waals surface area contributed by atoms with Crippen LogP contribution in [-0.4, -0.2) is 21.5 Å². The van der Waals surface area contributed by atoms with Crippen LogP contribution in [-0.2, 0) is 6.54 Å². The lowest BCUT2D eigenvalue weighted by molar-refractivity contribution is 0.0937. The molecular weight excluding hydrogens is 302 g/mol. The van der Waals surface area contributed by atoms with E-state index < -0.39 is 0 Å². The maximum absolute atomic E-state index is 12.4. The number of carbonyl (C=O) groups excluding carboxylic acids is 1. The molecule has 1 heterocycles. The molecule has 2 aromatic rings. The third-order valence-electron chi connectivity index (χ3n) is 4.24. The van der Waals surface area contributed by atoms with E-state index in [-0.39, 0.29) is 17.5 Å². The molecular formula is C19H27N3O2. The minimum Gasteiger partial charge on any atom is -0.350 e. The van der Waals surface area contributed by atoms with Crippen molar-refractivity contribution in [3.63, 3.8) is 0 Å². The minimum absolute atomic E-state index is 0.0792. The second-order valence-electron chi connectivity index (χ2n) is 6.80. The zero-order valence-corrected chi connectivity index (χ0v) is 15.2. The van der Waals surface area contributed by atoms with E-state index in [1.165, 1.54) is 0 Å². The topological polar surface area (TPSA) is 64.0 Å². The lowest BCUT2D eigenvalue weighted by Crippen LogP contribution is -2.32. The summed E-state index contributed by atoms with van der Waals surface area (Å²) in [6, 6.07) is 5.46. The van der Waals surface area contributed by atoms with Gasteiger partial charge in [0.2, 0.25) is 0 Å². The molecule has 0 unspecified atom stereocenters. The van der Waals surface area contributed by atoms with Crippen LogP contribution in [0.2, 0.25) is 0 Å². The van der Waals surface area contributed by atoms with Gasteiger partial charge < -0.3 is 9.88 Å². The Balaban J connectivity index is 2.26. The van der Waals surface area contributed by atoms with Gasteiger partial charge in [-0.2, -0.15) is 0 Å². The van der Waals surface area contributed by atoms with Crippen LogP contribution in [0.15, 0.2) is 23.0 Å². The first-order valence-corrected chi connectivity index (χ1v) is 8.65. The Hall–Kier alpha value is -2.17. The summed E-state index contributed by atoms with van der Waals surface area (Å²) in [7, 11) is 0. The highest BCUT2D eigenvalue weighted by atomic mass is 16.1. The maximum Gasteiger partial charge on any atom is 0.272 e. The van der Waals surface area contributed by atoms with Gasteiger partial charge in [-0.3, -0.25) is 9.59 Å². The molecule has 1 aromatic carbocycles. The number of benzene rings is 1. The Bertz CT molecular complexity index is 793. The summed E-state index contributed by atoms with van der Waals surface area (Å²) in [6.45, 7) is 10.6. The number of aromatic nitrogens is 2. The quantitative estimate of drug-likeness (QED) is 0.884. The standard InChI is InChI=1S/C19H27N3O2/c1-6-22-17-10-9-15(11-16(17)21-14(5)19(22)24)18(23)20-13(4)8-7-12(2)3/h9-13H,6-8H2,1-5H3,(H,20,23)/t13-/m0/s1. The van der Waals surface area contributed by atoms with Gasteiger partial charge in [0, 0.05) is 18.2 Å². The Morgan fingerprint density at radius 1 is 1.25 bits per heavy atom. The second-order valence-corrected chi connectivity index (χ2v) is 6.80. The van der Waals surface area contributed by atoms with Gasteiger partial charge >= 0.3 is 0 Å². The van der Waals surface area contributed by atoms with Gasteiger partial charge in [0.25, 0.3) is 11.5 Å². The number of amides is 1. The van der Waals surface area contributed by atoms with Gasteiger partial charge in [0.05, 0.1) is 11.0 Å². The molecule has 1 amide bonds. The molecule has 130 valence electrons. The molecule has 0 fully saturated rings. The Kier molecular flexibility index (Phi) is 5.75. The SMILES string of the molecule is CCn1c(=O)c(C)nc2cc(C(=O)N[C@@H](C)CCC(C)C)ccc21. The summed E-state index contributed by atoms with van der Waals surface area (Å²) in [6.07, 6.45) is 2.05. The van der Waals surface area contributed by atoms with E-state index in [2.05, 4.69) is 24.1 Å². The predicted molar refractivity (Wildman–Crippen MR) is 97.4 cm³/mol. The largest absolute Gasteiger partial charge is 0.350 e. The van der Waals surface area contributed by atoms with E-state index in [1.54, 1.807) is 29.7 Å². The van der Waals surface area contributed by atoms with Crippen LogP contribution < -0.4 is 10.9 Å². The summed E-state index contributed by atoms with van der Waals surface area (Å²) < 4.78 is 1.69. The number of rotatable bonds is 6.